The van der Waals surface area contributed by atoms with Crippen LogP contribution in [0.25, 0.3) is 0 Å². The van der Waals surface area contributed by atoms with Crippen LogP contribution in [0.2, 0.25) is 0 Å². The van der Waals surface area contributed by atoms with Gasteiger partial charge in [-0.05, 0) is 55.0 Å². The van der Waals surface area contributed by atoms with Gasteiger partial charge < -0.3 is 9.84 Å². The summed E-state index contributed by atoms with van der Waals surface area (Å²) in [5.41, 5.74) is 5.62. The summed E-state index contributed by atoms with van der Waals surface area (Å²) in [6.45, 7) is 1.62. The number of aryl methyl sites for hydroxylation is 1. The number of aromatic hydroxyl groups is 1. The molecule has 0 heterocycles. The summed E-state index contributed by atoms with van der Waals surface area (Å²) in [6.07, 6.45) is 0. The Morgan fingerprint density at radius 3 is 2.62 bits per heavy atom. The molecule has 7 nitrogen and oxygen atoms in total. The molecule has 0 aliphatic heterocycles. The topological polar surface area (TPSA) is 99.7 Å². The number of rotatable bonds is 4. The fraction of sp³-hybridized carbons (Fsp3) is 0.118. The van der Waals surface area contributed by atoms with Gasteiger partial charge in [0.2, 0.25) is 0 Å². The number of hydrazine groups is 1. The van der Waals surface area contributed by atoms with E-state index in [0.717, 1.165) is 10.0 Å². The van der Waals surface area contributed by atoms with Crippen LogP contribution in [0.15, 0.2) is 46.9 Å². The summed E-state index contributed by atoms with van der Waals surface area (Å²) < 4.78 is 6.34. The van der Waals surface area contributed by atoms with Crippen LogP contribution in [0.3, 0.4) is 0 Å². The Hall–Kier alpha value is -2.65. The van der Waals surface area contributed by atoms with E-state index in [1.165, 1.54) is 12.1 Å². The number of ether oxygens (including phenoxy) is 1. The van der Waals surface area contributed by atoms with Crippen LogP contribution < -0.4 is 20.9 Å². The van der Waals surface area contributed by atoms with Crippen molar-refractivity contribution in [3.63, 3.8) is 0 Å². The first-order valence-electron chi connectivity index (χ1n) is 7.44. The summed E-state index contributed by atoms with van der Waals surface area (Å²) in [7, 11) is 0. The van der Waals surface area contributed by atoms with Crippen LogP contribution in [0, 0.1) is 6.92 Å². The number of halogens is 1. The third-order valence-electron chi connectivity index (χ3n) is 3.19. The molecule has 2 aromatic carbocycles. The smallest absolute Gasteiger partial charge is 0.273 e. The maximum Gasteiger partial charge on any atom is 0.273 e. The van der Waals surface area contributed by atoms with Gasteiger partial charge in [-0.1, -0.05) is 28.1 Å². The Morgan fingerprint density at radius 2 is 1.92 bits per heavy atom. The van der Waals surface area contributed by atoms with Gasteiger partial charge in [0.25, 0.3) is 11.8 Å². The Morgan fingerprint density at radius 1 is 1.19 bits per heavy atom. The van der Waals surface area contributed by atoms with Crippen LogP contribution >= 0.6 is 28.1 Å². The van der Waals surface area contributed by atoms with Gasteiger partial charge in [0.1, 0.15) is 11.5 Å². The van der Waals surface area contributed by atoms with Crippen molar-refractivity contribution in [1.82, 2.24) is 16.2 Å². The second-order valence-electron chi connectivity index (χ2n) is 5.17. The highest BCUT2D eigenvalue weighted by molar-refractivity contribution is 9.10. The lowest BCUT2D eigenvalue weighted by atomic mass is 10.2. The minimum Gasteiger partial charge on any atom is -0.507 e. The Bertz CT molecular complexity index is 845. The monoisotopic (exact) mass is 437 g/mol. The molecule has 2 amide bonds. The molecule has 2 rings (SSSR count). The van der Waals surface area contributed by atoms with E-state index in [1.54, 1.807) is 24.3 Å². The minimum atomic E-state index is -0.596. The number of para-hydroxylation sites is 1. The van der Waals surface area contributed by atoms with Crippen molar-refractivity contribution in [2.45, 2.75) is 6.92 Å². The molecule has 2 aromatic rings. The first-order valence-corrected chi connectivity index (χ1v) is 8.64. The van der Waals surface area contributed by atoms with E-state index in [1.807, 2.05) is 13.0 Å². The van der Waals surface area contributed by atoms with Crippen molar-refractivity contribution in [1.29, 1.82) is 0 Å². The lowest BCUT2D eigenvalue weighted by Crippen LogP contribution is -2.49. The van der Waals surface area contributed by atoms with Gasteiger partial charge in [-0.2, -0.15) is 0 Å². The maximum atomic E-state index is 11.9. The van der Waals surface area contributed by atoms with Crippen molar-refractivity contribution in [3.05, 3.63) is 58.1 Å². The van der Waals surface area contributed by atoms with Gasteiger partial charge in [0.05, 0.1) is 5.56 Å². The first-order chi connectivity index (χ1) is 12.4. The molecule has 4 N–H and O–H groups in total. The van der Waals surface area contributed by atoms with Gasteiger partial charge in [0, 0.05) is 4.47 Å². The first kappa shape index (κ1) is 19.7. The van der Waals surface area contributed by atoms with E-state index >= 15 is 0 Å². The lowest BCUT2D eigenvalue weighted by molar-refractivity contribution is -0.121. The van der Waals surface area contributed by atoms with Gasteiger partial charge in [-0.25, -0.2) is 0 Å². The zero-order valence-corrected chi connectivity index (χ0v) is 16.1. The molecular formula is C17H16BrN3O4S. The molecule has 0 saturated heterocycles. The van der Waals surface area contributed by atoms with E-state index < -0.39 is 11.8 Å². The molecule has 0 aliphatic rings. The number of phenols is 1. The second-order valence-corrected chi connectivity index (χ2v) is 6.50. The van der Waals surface area contributed by atoms with E-state index in [2.05, 4.69) is 32.1 Å². The number of benzene rings is 2. The zero-order valence-electron chi connectivity index (χ0n) is 13.7. The predicted molar refractivity (Wildman–Crippen MR) is 104 cm³/mol. The van der Waals surface area contributed by atoms with Crippen LogP contribution in [-0.2, 0) is 4.79 Å². The number of carbonyl (C=O) groups excluding carboxylic acids is 2. The van der Waals surface area contributed by atoms with Crippen molar-refractivity contribution in [3.8, 4) is 11.5 Å². The quantitative estimate of drug-likeness (QED) is 0.432. The van der Waals surface area contributed by atoms with Crippen LogP contribution in [0.5, 0.6) is 11.5 Å². The van der Waals surface area contributed by atoms with E-state index in [9.17, 15) is 14.7 Å². The number of thiocarbonyl (C=S) groups is 1. The molecular weight excluding hydrogens is 422 g/mol. The van der Waals surface area contributed by atoms with Crippen molar-refractivity contribution in [2.24, 2.45) is 0 Å². The highest BCUT2D eigenvalue weighted by atomic mass is 79.9. The summed E-state index contributed by atoms with van der Waals surface area (Å²) >= 11 is 8.27. The summed E-state index contributed by atoms with van der Waals surface area (Å²) in [5, 5.41) is 11.9. The number of amides is 2. The summed E-state index contributed by atoms with van der Waals surface area (Å²) in [5.74, 6) is -0.668. The van der Waals surface area contributed by atoms with E-state index in [-0.39, 0.29) is 23.0 Å². The minimum absolute atomic E-state index is 0.0724. The van der Waals surface area contributed by atoms with Crippen LogP contribution in [-0.4, -0.2) is 28.6 Å². The van der Waals surface area contributed by atoms with Crippen molar-refractivity contribution < 1.29 is 19.4 Å². The summed E-state index contributed by atoms with van der Waals surface area (Å²) in [6, 6.07) is 11.5. The number of carbonyl (C=O) groups is 2. The highest BCUT2D eigenvalue weighted by Crippen LogP contribution is 2.21. The molecule has 0 aromatic heterocycles. The second kappa shape index (κ2) is 9.16. The van der Waals surface area contributed by atoms with Crippen LogP contribution in [0.1, 0.15) is 15.9 Å². The third kappa shape index (κ3) is 5.71. The number of hydrogen-bond donors (Lipinski definition) is 4. The standard InChI is InChI=1S/C17H16BrN3O4S/c1-10-8-11(18)6-7-14(10)25-9-15(23)19-17(26)21-20-16(24)12-4-2-3-5-13(12)22/h2-8,22H,9H2,1H3,(H,20,24)(H2,19,21,23,26). The van der Waals surface area contributed by atoms with Gasteiger partial charge >= 0.3 is 0 Å². The van der Waals surface area contributed by atoms with Gasteiger partial charge in [-0.15, -0.1) is 0 Å². The fourth-order valence-electron chi connectivity index (χ4n) is 1.96. The fourth-order valence-corrected chi connectivity index (χ4v) is 2.60. The molecule has 0 spiro atoms. The average Bonchev–Trinajstić information content (AvgIpc) is 2.59. The van der Waals surface area contributed by atoms with Gasteiger partial charge in [-0.3, -0.25) is 25.8 Å². The molecule has 136 valence electrons. The summed E-state index contributed by atoms with van der Waals surface area (Å²) in [4.78, 5) is 23.7. The average molecular weight is 438 g/mol. The van der Waals surface area contributed by atoms with E-state index in [0.29, 0.717) is 5.75 Å². The normalized spacial score (nSPS) is 9.92. The number of hydrogen-bond acceptors (Lipinski definition) is 5. The van der Waals surface area contributed by atoms with Crippen molar-refractivity contribution in [2.75, 3.05) is 6.61 Å². The molecule has 0 bridgehead atoms. The van der Waals surface area contributed by atoms with Crippen LogP contribution in [0.4, 0.5) is 0 Å². The molecule has 0 atom stereocenters. The molecule has 0 saturated carbocycles. The molecule has 26 heavy (non-hydrogen) atoms. The largest absolute Gasteiger partial charge is 0.507 e. The lowest BCUT2D eigenvalue weighted by Gasteiger charge is -2.12. The molecule has 0 unspecified atom stereocenters. The molecule has 0 radical (unpaired) electrons. The number of nitrogens with one attached hydrogen (secondary N) is 3. The van der Waals surface area contributed by atoms with E-state index in [4.69, 9.17) is 17.0 Å². The molecule has 9 heteroatoms. The maximum absolute atomic E-state index is 11.9. The Labute approximate surface area is 163 Å². The molecule has 0 aliphatic carbocycles. The highest BCUT2D eigenvalue weighted by Gasteiger charge is 2.11. The molecule has 0 fully saturated rings. The number of phenolic OH excluding ortho intramolecular Hbond substituents is 1. The van der Waals surface area contributed by atoms with Crippen molar-refractivity contribution >= 4 is 45.1 Å². The third-order valence-corrected chi connectivity index (χ3v) is 3.88. The predicted octanol–water partition coefficient (Wildman–Crippen LogP) is 2.18. The SMILES string of the molecule is Cc1cc(Br)ccc1OCC(=O)NC(=S)NNC(=O)c1ccccc1O. The Kier molecular flexibility index (Phi) is 6.93. The Balaban J connectivity index is 1.77. The van der Waals surface area contributed by atoms with Gasteiger partial charge in [0.15, 0.2) is 11.7 Å². The zero-order chi connectivity index (χ0) is 19.1.